The molecule has 0 saturated carbocycles. The molecule has 0 heterocycles. The largest absolute Gasteiger partial charge is 0.399 e. The van der Waals surface area contributed by atoms with Gasteiger partial charge in [-0.2, -0.15) is 8.42 Å². The SMILES string of the molecule is Nc1cccc(S(=O)(=O)O)c1.[Li]. The number of nitrogen functional groups attached to an aromatic ring is 1. The molecule has 0 unspecified atom stereocenters. The average molecular weight is 180 g/mol. The van der Waals surface area contributed by atoms with E-state index in [2.05, 4.69) is 0 Å². The molecule has 0 aromatic heterocycles. The van der Waals surface area contributed by atoms with Crippen LogP contribution in [0.1, 0.15) is 0 Å². The molecule has 0 aliphatic rings. The van der Waals surface area contributed by atoms with Crippen molar-refractivity contribution in [2.24, 2.45) is 0 Å². The van der Waals surface area contributed by atoms with Crippen molar-refractivity contribution in [1.29, 1.82) is 0 Å². The number of anilines is 1. The van der Waals surface area contributed by atoms with Gasteiger partial charge in [-0.15, -0.1) is 0 Å². The molecular formula is C6H7LiNO3S. The molecule has 0 fully saturated rings. The van der Waals surface area contributed by atoms with Crippen molar-refractivity contribution in [3.05, 3.63) is 24.3 Å². The van der Waals surface area contributed by atoms with E-state index in [0.717, 1.165) is 0 Å². The van der Waals surface area contributed by atoms with Gasteiger partial charge in [0.2, 0.25) is 0 Å². The van der Waals surface area contributed by atoms with E-state index in [1.165, 1.54) is 24.3 Å². The number of hydrogen-bond donors (Lipinski definition) is 2. The van der Waals surface area contributed by atoms with Crippen molar-refractivity contribution in [2.45, 2.75) is 4.90 Å². The van der Waals surface area contributed by atoms with Crippen LogP contribution in [0.4, 0.5) is 5.69 Å². The van der Waals surface area contributed by atoms with E-state index < -0.39 is 10.1 Å². The summed E-state index contributed by atoms with van der Waals surface area (Å²) in [5.74, 6) is 0. The molecule has 0 amide bonds. The monoisotopic (exact) mass is 180 g/mol. The first-order chi connectivity index (χ1) is 5.00. The summed E-state index contributed by atoms with van der Waals surface area (Å²) >= 11 is 0. The number of hydrogen-bond acceptors (Lipinski definition) is 3. The first-order valence-corrected chi connectivity index (χ1v) is 4.27. The van der Waals surface area contributed by atoms with Crippen LogP contribution in [0.5, 0.6) is 0 Å². The summed E-state index contributed by atoms with van der Waals surface area (Å²) in [7, 11) is -4.11. The van der Waals surface area contributed by atoms with Crippen LogP contribution in [-0.4, -0.2) is 31.8 Å². The Kier molecular flexibility index (Phi) is 3.81. The van der Waals surface area contributed by atoms with E-state index >= 15 is 0 Å². The zero-order chi connectivity index (χ0) is 8.48. The minimum atomic E-state index is -4.11. The first kappa shape index (κ1) is 11.5. The van der Waals surface area contributed by atoms with Gasteiger partial charge >= 0.3 is 0 Å². The maximum absolute atomic E-state index is 10.5. The maximum atomic E-state index is 10.5. The second-order valence-electron chi connectivity index (χ2n) is 2.05. The molecule has 0 spiro atoms. The Labute approximate surface area is 82.7 Å². The molecule has 1 aromatic rings. The fourth-order valence-electron chi connectivity index (χ4n) is 0.675. The van der Waals surface area contributed by atoms with Crippen molar-refractivity contribution in [3.8, 4) is 0 Å². The van der Waals surface area contributed by atoms with Crippen molar-refractivity contribution in [2.75, 3.05) is 5.73 Å². The third kappa shape index (κ3) is 2.87. The molecule has 1 aromatic carbocycles. The summed E-state index contributed by atoms with van der Waals surface area (Å²) in [5.41, 5.74) is 5.59. The van der Waals surface area contributed by atoms with Gasteiger partial charge in [-0.1, -0.05) is 6.07 Å². The molecule has 6 heteroatoms. The average Bonchev–Trinajstić information content (AvgIpc) is 1.86. The Balaban J connectivity index is 0.00000121. The minimum Gasteiger partial charge on any atom is -0.399 e. The molecule has 3 N–H and O–H groups in total. The predicted octanol–water partition coefficient (Wildman–Crippen LogP) is 0.135. The van der Waals surface area contributed by atoms with Crippen LogP contribution in [-0.2, 0) is 10.1 Å². The molecule has 0 saturated heterocycles. The van der Waals surface area contributed by atoms with E-state index in [9.17, 15) is 8.42 Å². The summed E-state index contributed by atoms with van der Waals surface area (Å²) in [6, 6.07) is 5.45. The summed E-state index contributed by atoms with van der Waals surface area (Å²) in [6.45, 7) is 0. The van der Waals surface area contributed by atoms with E-state index in [4.69, 9.17) is 10.3 Å². The topological polar surface area (TPSA) is 80.4 Å². The van der Waals surface area contributed by atoms with E-state index in [1.807, 2.05) is 0 Å². The van der Waals surface area contributed by atoms with Gasteiger partial charge in [-0.3, -0.25) is 4.55 Å². The maximum Gasteiger partial charge on any atom is 0.294 e. The minimum absolute atomic E-state index is 0. The van der Waals surface area contributed by atoms with Crippen LogP contribution in [0.15, 0.2) is 29.2 Å². The fraction of sp³-hybridized carbons (Fsp3) is 0. The molecule has 0 bridgehead atoms. The Hall–Kier alpha value is -0.473. The van der Waals surface area contributed by atoms with E-state index in [-0.39, 0.29) is 23.8 Å². The van der Waals surface area contributed by atoms with Gasteiger partial charge in [-0.25, -0.2) is 0 Å². The Morgan fingerprint density at radius 3 is 2.25 bits per heavy atom. The Morgan fingerprint density at radius 1 is 1.33 bits per heavy atom. The van der Waals surface area contributed by atoms with Crippen molar-refractivity contribution in [3.63, 3.8) is 0 Å². The van der Waals surface area contributed by atoms with Gasteiger partial charge in [0, 0.05) is 24.5 Å². The smallest absolute Gasteiger partial charge is 0.294 e. The Morgan fingerprint density at radius 2 is 1.92 bits per heavy atom. The molecule has 0 aliphatic carbocycles. The molecule has 1 rings (SSSR count). The van der Waals surface area contributed by atoms with Crippen LogP contribution < -0.4 is 5.73 Å². The number of benzene rings is 1. The first-order valence-electron chi connectivity index (χ1n) is 2.83. The molecule has 61 valence electrons. The van der Waals surface area contributed by atoms with Crippen LogP contribution >= 0.6 is 0 Å². The van der Waals surface area contributed by atoms with E-state index in [0.29, 0.717) is 5.69 Å². The molecule has 0 aliphatic heterocycles. The summed E-state index contributed by atoms with van der Waals surface area (Å²) in [5, 5.41) is 0. The predicted molar refractivity (Wildman–Crippen MR) is 46.4 cm³/mol. The zero-order valence-corrected chi connectivity index (χ0v) is 7.38. The summed E-state index contributed by atoms with van der Waals surface area (Å²) < 4.78 is 29.5. The second kappa shape index (κ2) is 3.96. The van der Waals surface area contributed by atoms with Crippen LogP contribution in [0.3, 0.4) is 0 Å². The zero-order valence-electron chi connectivity index (χ0n) is 6.56. The molecule has 0 atom stereocenters. The van der Waals surface area contributed by atoms with Crippen LogP contribution in [0.2, 0.25) is 0 Å². The van der Waals surface area contributed by atoms with Crippen molar-refractivity contribution in [1.82, 2.24) is 0 Å². The number of nitrogens with two attached hydrogens (primary N) is 1. The van der Waals surface area contributed by atoms with Crippen molar-refractivity contribution < 1.29 is 13.0 Å². The van der Waals surface area contributed by atoms with Crippen LogP contribution in [0.25, 0.3) is 0 Å². The quantitative estimate of drug-likeness (QED) is 0.366. The molecule has 1 radical (unpaired) electrons. The van der Waals surface area contributed by atoms with Gasteiger partial charge in [0.25, 0.3) is 10.1 Å². The fourth-order valence-corrected chi connectivity index (χ4v) is 1.21. The molecule has 4 nitrogen and oxygen atoms in total. The van der Waals surface area contributed by atoms with Gasteiger partial charge in [0.05, 0.1) is 4.90 Å². The van der Waals surface area contributed by atoms with Gasteiger partial charge < -0.3 is 5.73 Å². The molecule has 12 heavy (non-hydrogen) atoms. The van der Waals surface area contributed by atoms with Crippen LogP contribution in [0, 0.1) is 0 Å². The standard InChI is InChI=1S/C6H7NO3S.Li/c7-5-2-1-3-6(4-5)11(8,9)10;/h1-4H,7H2,(H,8,9,10);. The van der Waals surface area contributed by atoms with Gasteiger partial charge in [0.15, 0.2) is 0 Å². The summed E-state index contributed by atoms with van der Waals surface area (Å²) in [6.07, 6.45) is 0. The normalized spacial score (nSPS) is 10.4. The summed E-state index contributed by atoms with van der Waals surface area (Å²) in [4.78, 5) is -0.183. The molecular weight excluding hydrogens is 173 g/mol. The van der Waals surface area contributed by atoms with E-state index in [1.54, 1.807) is 0 Å². The second-order valence-corrected chi connectivity index (χ2v) is 3.47. The van der Waals surface area contributed by atoms with Crippen molar-refractivity contribution >= 4 is 34.7 Å². The Bertz CT molecular complexity index is 363. The van der Waals surface area contributed by atoms with Gasteiger partial charge in [0.1, 0.15) is 0 Å². The third-order valence-electron chi connectivity index (χ3n) is 1.16. The number of rotatable bonds is 1. The third-order valence-corrected chi connectivity index (χ3v) is 2.01. The van der Waals surface area contributed by atoms with Gasteiger partial charge in [-0.05, 0) is 18.2 Å².